The van der Waals surface area contributed by atoms with Crippen LogP contribution >= 0.6 is 0 Å². The number of nitrogens with zero attached hydrogens (tertiary/aromatic N) is 1. The molecule has 0 aromatic rings. The summed E-state index contributed by atoms with van der Waals surface area (Å²) in [7, 11) is 0. The van der Waals surface area contributed by atoms with Crippen molar-refractivity contribution in [3.05, 3.63) is 0 Å². The standard InChI is InChI=1S/C11H20N2O3/c14-11(13-4-1-2-5-13)9-15-8-10-7-12-3-6-16-10/h10,12H,1-9H2. The van der Waals surface area contributed by atoms with Gasteiger partial charge in [-0.3, -0.25) is 4.79 Å². The number of carbonyl (C=O) groups excluding carboxylic acids is 1. The van der Waals surface area contributed by atoms with E-state index in [2.05, 4.69) is 5.32 Å². The molecule has 16 heavy (non-hydrogen) atoms. The maximum atomic E-state index is 11.6. The van der Waals surface area contributed by atoms with Crippen LogP contribution in [0.5, 0.6) is 0 Å². The molecule has 5 heteroatoms. The molecule has 2 saturated heterocycles. The van der Waals surface area contributed by atoms with Gasteiger partial charge in [0.2, 0.25) is 5.91 Å². The fourth-order valence-corrected chi connectivity index (χ4v) is 2.06. The van der Waals surface area contributed by atoms with Gasteiger partial charge in [0, 0.05) is 26.2 Å². The molecule has 1 N–H and O–H groups in total. The zero-order valence-corrected chi connectivity index (χ0v) is 9.61. The number of hydrogen-bond acceptors (Lipinski definition) is 4. The summed E-state index contributed by atoms with van der Waals surface area (Å²) < 4.78 is 10.9. The highest BCUT2D eigenvalue weighted by molar-refractivity contribution is 5.77. The third-order valence-electron chi connectivity index (χ3n) is 2.99. The molecule has 2 fully saturated rings. The molecule has 0 bridgehead atoms. The van der Waals surface area contributed by atoms with E-state index < -0.39 is 0 Å². The van der Waals surface area contributed by atoms with E-state index in [1.807, 2.05) is 4.90 Å². The summed E-state index contributed by atoms with van der Waals surface area (Å²) >= 11 is 0. The number of amides is 1. The molecule has 2 aliphatic rings. The predicted octanol–water partition coefficient (Wildman–Crippen LogP) is -0.386. The zero-order valence-electron chi connectivity index (χ0n) is 9.61. The lowest BCUT2D eigenvalue weighted by molar-refractivity contribution is -0.136. The summed E-state index contributed by atoms with van der Waals surface area (Å²) in [5, 5.41) is 3.23. The van der Waals surface area contributed by atoms with Crippen LogP contribution in [0.3, 0.4) is 0 Å². The number of ether oxygens (including phenoxy) is 2. The molecule has 0 aromatic carbocycles. The molecule has 0 spiro atoms. The Hall–Kier alpha value is -0.650. The second-order valence-corrected chi connectivity index (χ2v) is 4.30. The maximum absolute atomic E-state index is 11.6. The van der Waals surface area contributed by atoms with Gasteiger partial charge in [-0.05, 0) is 12.8 Å². The second kappa shape index (κ2) is 6.18. The van der Waals surface area contributed by atoms with E-state index in [9.17, 15) is 4.79 Å². The summed E-state index contributed by atoms with van der Waals surface area (Å²) in [5.74, 6) is 0.112. The minimum absolute atomic E-state index is 0.0973. The Morgan fingerprint density at radius 3 is 2.94 bits per heavy atom. The highest BCUT2D eigenvalue weighted by Gasteiger charge is 2.19. The summed E-state index contributed by atoms with van der Waals surface area (Å²) in [6.07, 6.45) is 2.35. The Labute approximate surface area is 96.1 Å². The summed E-state index contributed by atoms with van der Waals surface area (Å²) in [5.41, 5.74) is 0. The van der Waals surface area contributed by atoms with Gasteiger partial charge >= 0.3 is 0 Å². The predicted molar refractivity (Wildman–Crippen MR) is 59.2 cm³/mol. The second-order valence-electron chi connectivity index (χ2n) is 4.30. The molecule has 5 nitrogen and oxygen atoms in total. The fourth-order valence-electron chi connectivity index (χ4n) is 2.06. The van der Waals surface area contributed by atoms with Crippen molar-refractivity contribution in [3.63, 3.8) is 0 Å². The lowest BCUT2D eigenvalue weighted by Gasteiger charge is -2.23. The van der Waals surface area contributed by atoms with E-state index in [4.69, 9.17) is 9.47 Å². The normalized spacial score (nSPS) is 26.0. The molecular weight excluding hydrogens is 208 g/mol. The minimum Gasteiger partial charge on any atom is -0.373 e. The zero-order chi connectivity index (χ0) is 11.2. The van der Waals surface area contributed by atoms with Gasteiger partial charge in [0.1, 0.15) is 6.61 Å². The highest BCUT2D eigenvalue weighted by atomic mass is 16.5. The van der Waals surface area contributed by atoms with Gasteiger partial charge in [0.15, 0.2) is 0 Å². The van der Waals surface area contributed by atoms with Crippen LogP contribution in [0.4, 0.5) is 0 Å². The van der Waals surface area contributed by atoms with Crippen molar-refractivity contribution in [2.24, 2.45) is 0 Å². The molecular formula is C11H20N2O3. The number of nitrogens with one attached hydrogen (secondary N) is 1. The van der Waals surface area contributed by atoms with Crippen LogP contribution in [-0.2, 0) is 14.3 Å². The topological polar surface area (TPSA) is 50.8 Å². The Morgan fingerprint density at radius 2 is 2.25 bits per heavy atom. The van der Waals surface area contributed by atoms with Crippen molar-refractivity contribution in [1.82, 2.24) is 10.2 Å². The molecule has 1 unspecified atom stereocenters. The van der Waals surface area contributed by atoms with E-state index in [1.54, 1.807) is 0 Å². The Morgan fingerprint density at radius 1 is 1.44 bits per heavy atom. The van der Waals surface area contributed by atoms with Gasteiger partial charge in [0.25, 0.3) is 0 Å². The van der Waals surface area contributed by atoms with E-state index in [1.165, 1.54) is 0 Å². The maximum Gasteiger partial charge on any atom is 0.248 e. The average molecular weight is 228 g/mol. The summed E-state index contributed by atoms with van der Waals surface area (Å²) in [4.78, 5) is 13.5. The van der Waals surface area contributed by atoms with Crippen molar-refractivity contribution < 1.29 is 14.3 Å². The number of rotatable bonds is 4. The molecule has 0 aliphatic carbocycles. The largest absolute Gasteiger partial charge is 0.373 e. The average Bonchev–Trinajstić information content (AvgIpc) is 2.84. The van der Waals surface area contributed by atoms with Crippen molar-refractivity contribution in [1.29, 1.82) is 0 Å². The molecule has 0 aromatic heterocycles. The lowest BCUT2D eigenvalue weighted by Crippen LogP contribution is -2.41. The van der Waals surface area contributed by atoms with Crippen LogP contribution in [0.15, 0.2) is 0 Å². The lowest BCUT2D eigenvalue weighted by atomic mass is 10.3. The number of carbonyl (C=O) groups is 1. The van der Waals surface area contributed by atoms with Gasteiger partial charge in [-0.1, -0.05) is 0 Å². The first-order valence-corrected chi connectivity index (χ1v) is 6.04. The SMILES string of the molecule is O=C(COCC1CNCCO1)N1CCCC1. The molecule has 2 rings (SSSR count). The Balaban J connectivity index is 1.57. The van der Waals surface area contributed by atoms with Crippen LogP contribution in [0, 0.1) is 0 Å². The van der Waals surface area contributed by atoms with E-state index in [-0.39, 0.29) is 18.6 Å². The quantitative estimate of drug-likeness (QED) is 0.712. The minimum atomic E-state index is 0.0973. The number of hydrogen-bond donors (Lipinski definition) is 1. The smallest absolute Gasteiger partial charge is 0.248 e. The van der Waals surface area contributed by atoms with Crippen molar-refractivity contribution in [2.75, 3.05) is 46.0 Å². The fraction of sp³-hybridized carbons (Fsp3) is 0.909. The molecule has 92 valence electrons. The molecule has 1 atom stereocenters. The van der Waals surface area contributed by atoms with Gasteiger partial charge in [0.05, 0.1) is 19.3 Å². The third kappa shape index (κ3) is 3.43. The molecule has 2 heterocycles. The number of likely N-dealkylation sites (tertiary alicyclic amines) is 1. The highest BCUT2D eigenvalue weighted by Crippen LogP contribution is 2.07. The molecule has 1 amide bonds. The van der Waals surface area contributed by atoms with E-state index in [0.29, 0.717) is 6.61 Å². The van der Waals surface area contributed by atoms with Crippen LogP contribution < -0.4 is 5.32 Å². The first kappa shape index (κ1) is 11.8. The van der Waals surface area contributed by atoms with Crippen LogP contribution in [0.1, 0.15) is 12.8 Å². The van der Waals surface area contributed by atoms with Gasteiger partial charge in [-0.15, -0.1) is 0 Å². The third-order valence-corrected chi connectivity index (χ3v) is 2.99. The first-order chi connectivity index (χ1) is 7.86. The van der Waals surface area contributed by atoms with Gasteiger partial charge < -0.3 is 19.7 Å². The Bertz CT molecular complexity index is 223. The monoisotopic (exact) mass is 228 g/mol. The van der Waals surface area contributed by atoms with Crippen LogP contribution in [0.2, 0.25) is 0 Å². The number of morpholine rings is 1. The summed E-state index contributed by atoms with van der Waals surface area (Å²) in [6, 6.07) is 0. The molecule has 0 saturated carbocycles. The Kier molecular flexibility index (Phi) is 4.56. The van der Waals surface area contributed by atoms with Crippen LogP contribution in [0.25, 0.3) is 0 Å². The first-order valence-electron chi connectivity index (χ1n) is 6.04. The van der Waals surface area contributed by atoms with Crippen molar-refractivity contribution >= 4 is 5.91 Å². The van der Waals surface area contributed by atoms with E-state index >= 15 is 0 Å². The van der Waals surface area contributed by atoms with E-state index in [0.717, 1.165) is 45.6 Å². The van der Waals surface area contributed by atoms with Crippen molar-refractivity contribution in [2.45, 2.75) is 18.9 Å². The summed E-state index contributed by atoms with van der Waals surface area (Å²) in [6.45, 7) is 4.94. The molecule has 0 radical (unpaired) electrons. The van der Waals surface area contributed by atoms with Crippen LogP contribution in [-0.4, -0.2) is 62.9 Å². The van der Waals surface area contributed by atoms with Crippen molar-refractivity contribution in [3.8, 4) is 0 Å². The van der Waals surface area contributed by atoms with Gasteiger partial charge in [-0.25, -0.2) is 0 Å². The van der Waals surface area contributed by atoms with Gasteiger partial charge in [-0.2, -0.15) is 0 Å². The molecule has 2 aliphatic heterocycles.